The number of hydrogen-bond acceptors (Lipinski definition) is 4. The van der Waals surface area contributed by atoms with Gasteiger partial charge in [0.25, 0.3) is 5.91 Å². The van der Waals surface area contributed by atoms with E-state index in [0.29, 0.717) is 18.5 Å². The molecule has 0 aliphatic carbocycles. The molecule has 8 heteroatoms. The molecule has 0 fully saturated rings. The first-order valence-corrected chi connectivity index (χ1v) is 10.2. The molecule has 0 saturated carbocycles. The first-order valence-electron chi connectivity index (χ1n) is 8.70. The summed E-state index contributed by atoms with van der Waals surface area (Å²) < 4.78 is 27.1. The monoisotopic (exact) mass is 384 g/mol. The number of nitrogens with one attached hydrogen (secondary N) is 1. The van der Waals surface area contributed by atoms with Crippen molar-refractivity contribution in [2.75, 3.05) is 13.1 Å². The number of benzene rings is 1. The molecule has 2 N–H and O–H groups in total. The average Bonchev–Trinajstić information content (AvgIpc) is 2.57. The minimum absolute atomic E-state index is 0.0929. The lowest BCUT2D eigenvalue weighted by atomic mass is 10.1. The summed E-state index contributed by atoms with van der Waals surface area (Å²) in [6, 6.07) is 5.52. The summed E-state index contributed by atoms with van der Waals surface area (Å²) in [4.78, 5) is 25.0. The summed E-state index contributed by atoms with van der Waals surface area (Å²) in [5.74, 6) is -1.09. The second kappa shape index (κ2) is 9.68. The SMILES string of the molecule is CCC(C)NS(=O)(=O)c1ccc(C(=O)N(CCC(=O)O)CC(C)C)cc1. The van der Waals surface area contributed by atoms with Crippen LogP contribution in [-0.4, -0.2) is 49.4 Å². The first kappa shape index (κ1) is 22.1. The van der Waals surface area contributed by atoms with Gasteiger partial charge in [0.05, 0.1) is 11.3 Å². The summed E-state index contributed by atoms with van der Waals surface area (Å²) >= 11 is 0. The zero-order valence-corrected chi connectivity index (χ0v) is 16.5. The summed E-state index contributed by atoms with van der Waals surface area (Å²) in [6.45, 7) is 8.09. The van der Waals surface area contributed by atoms with Crippen LogP contribution in [0.1, 0.15) is 50.9 Å². The van der Waals surface area contributed by atoms with Crippen LogP contribution < -0.4 is 4.72 Å². The Bertz CT molecular complexity index is 714. The largest absolute Gasteiger partial charge is 0.481 e. The van der Waals surface area contributed by atoms with Crippen LogP contribution >= 0.6 is 0 Å². The molecular formula is C18H28N2O5S. The predicted molar refractivity (Wildman–Crippen MR) is 99.5 cm³/mol. The molecule has 146 valence electrons. The van der Waals surface area contributed by atoms with Crippen LogP contribution in [0.2, 0.25) is 0 Å². The van der Waals surface area contributed by atoms with Crippen LogP contribution in [0.4, 0.5) is 0 Å². The number of carbonyl (C=O) groups is 2. The predicted octanol–water partition coefficient (Wildman–Crippen LogP) is 2.34. The van der Waals surface area contributed by atoms with E-state index in [9.17, 15) is 18.0 Å². The topological polar surface area (TPSA) is 104 Å². The van der Waals surface area contributed by atoms with Crippen LogP contribution in [0.5, 0.6) is 0 Å². The second-order valence-electron chi connectivity index (χ2n) is 6.74. The van der Waals surface area contributed by atoms with Crippen molar-refractivity contribution in [2.24, 2.45) is 5.92 Å². The average molecular weight is 384 g/mol. The molecule has 1 rings (SSSR count). The van der Waals surface area contributed by atoms with Crippen LogP contribution in [0.25, 0.3) is 0 Å². The molecule has 1 aromatic rings. The van der Waals surface area contributed by atoms with E-state index in [1.165, 1.54) is 29.2 Å². The number of sulfonamides is 1. The minimum atomic E-state index is -3.63. The van der Waals surface area contributed by atoms with E-state index in [2.05, 4.69) is 4.72 Å². The highest BCUT2D eigenvalue weighted by atomic mass is 32.2. The fraction of sp³-hybridized carbons (Fsp3) is 0.556. The lowest BCUT2D eigenvalue weighted by Crippen LogP contribution is -2.36. The van der Waals surface area contributed by atoms with Gasteiger partial charge in [-0.25, -0.2) is 13.1 Å². The van der Waals surface area contributed by atoms with E-state index in [-0.39, 0.29) is 35.7 Å². The molecule has 0 aliphatic rings. The van der Waals surface area contributed by atoms with Gasteiger partial charge in [0.1, 0.15) is 0 Å². The van der Waals surface area contributed by atoms with Crippen LogP contribution in [0.15, 0.2) is 29.2 Å². The Hall–Kier alpha value is -1.93. The fourth-order valence-electron chi connectivity index (χ4n) is 2.32. The van der Waals surface area contributed by atoms with Gasteiger partial charge in [-0.2, -0.15) is 0 Å². The molecule has 1 aromatic carbocycles. The molecule has 0 aliphatic heterocycles. The number of nitrogens with zero attached hydrogens (tertiary/aromatic N) is 1. The van der Waals surface area contributed by atoms with E-state index in [1.807, 2.05) is 20.8 Å². The minimum Gasteiger partial charge on any atom is -0.481 e. The van der Waals surface area contributed by atoms with Gasteiger partial charge in [-0.05, 0) is 43.5 Å². The standard InChI is InChI=1S/C18H28N2O5S/c1-5-14(4)19-26(24,25)16-8-6-15(7-9-16)18(23)20(12-13(2)3)11-10-17(21)22/h6-9,13-14,19H,5,10-12H2,1-4H3,(H,21,22). The zero-order chi connectivity index (χ0) is 19.9. The van der Waals surface area contributed by atoms with Gasteiger partial charge < -0.3 is 10.0 Å². The highest BCUT2D eigenvalue weighted by Crippen LogP contribution is 2.14. The molecule has 1 amide bonds. The van der Waals surface area contributed by atoms with Gasteiger partial charge in [0, 0.05) is 24.7 Å². The van der Waals surface area contributed by atoms with E-state index in [4.69, 9.17) is 5.11 Å². The van der Waals surface area contributed by atoms with Crippen molar-refractivity contribution in [1.29, 1.82) is 0 Å². The number of aliphatic carboxylic acids is 1. The zero-order valence-electron chi connectivity index (χ0n) is 15.7. The molecule has 0 heterocycles. The van der Waals surface area contributed by atoms with Gasteiger partial charge in [-0.1, -0.05) is 20.8 Å². The number of amides is 1. The highest BCUT2D eigenvalue weighted by molar-refractivity contribution is 7.89. The van der Waals surface area contributed by atoms with E-state index < -0.39 is 16.0 Å². The van der Waals surface area contributed by atoms with Crippen molar-refractivity contribution in [3.8, 4) is 0 Å². The van der Waals surface area contributed by atoms with Crippen LogP contribution in [-0.2, 0) is 14.8 Å². The summed E-state index contributed by atoms with van der Waals surface area (Å²) in [5.41, 5.74) is 0.332. The highest BCUT2D eigenvalue weighted by Gasteiger charge is 2.20. The molecule has 0 saturated heterocycles. The molecule has 0 aromatic heterocycles. The molecule has 0 bridgehead atoms. The number of hydrogen-bond donors (Lipinski definition) is 2. The number of carbonyl (C=O) groups excluding carboxylic acids is 1. The number of carboxylic acids is 1. The Morgan fingerprint density at radius 3 is 2.19 bits per heavy atom. The third kappa shape index (κ3) is 6.76. The van der Waals surface area contributed by atoms with Crippen molar-refractivity contribution in [2.45, 2.75) is 51.5 Å². The quantitative estimate of drug-likeness (QED) is 0.644. The van der Waals surface area contributed by atoms with Crippen LogP contribution in [0.3, 0.4) is 0 Å². The van der Waals surface area contributed by atoms with Gasteiger partial charge in [0.2, 0.25) is 10.0 Å². The van der Waals surface area contributed by atoms with Gasteiger partial charge in [-0.3, -0.25) is 9.59 Å². The Kier molecular flexibility index (Phi) is 8.23. The maximum atomic E-state index is 12.6. The fourth-order valence-corrected chi connectivity index (χ4v) is 3.65. The van der Waals surface area contributed by atoms with Crippen molar-refractivity contribution >= 4 is 21.9 Å². The van der Waals surface area contributed by atoms with Crippen molar-refractivity contribution in [1.82, 2.24) is 9.62 Å². The summed E-state index contributed by atoms with van der Waals surface area (Å²) in [7, 11) is -3.63. The lowest BCUT2D eigenvalue weighted by molar-refractivity contribution is -0.137. The lowest BCUT2D eigenvalue weighted by Gasteiger charge is -2.24. The van der Waals surface area contributed by atoms with Crippen molar-refractivity contribution in [3.63, 3.8) is 0 Å². The Morgan fingerprint density at radius 2 is 1.73 bits per heavy atom. The molecule has 0 radical (unpaired) electrons. The summed E-state index contributed by atoms with van der Waals surface area (Å²) in [5, 5.41) is 8.86. The van der Waals surface area contributed by atoms with Gasteiger partial charge in [-0.15, -0.1) is 0 Å². The molecule has 0 spiro atoms. The molecular weight excluding hydrogens is 356 g/mol. The van der Waals surface area contributed by atoms with Crippen molar-refractivity contribution < 1.29 is 23.1 Å². The summed E-state index contributed by atoms with van der Waals surface area (Å²) in [6.07, 6.45) is 0.535. The smallest absolute Gasteiger partial charge is 0.305 e. The Morgan fingerprint density at radius 1 is 1.15 bits per heavy atom. The molecule has 1 unspecified atom stereocenters. The third-order valence-corrected chi connectivity index (χ3v) is 5.45. The normalized spacial score (nSPS) is 12.8. The molecule has 1 atom stereocenters. The van der Waals surface area contributed by atoms with Crippen molar-refractivity contribution in [3.05, 3.63) is 29.8 Å². The van der Waals surface area contributed by atoms with Gasteiger partial charge in [0.15, 0.2) is 0 Å². The maximum Gasteiger partial charge on any atom is 0.305 e. The van der Waals surface area contributed by atoms with E-state index in [0.717, 1.165) is 0 Å². The first-order chi connectivity index (χ1) is 12.1. The van der Waals surface area contributed by atoms with E-state index in [1.54, 1.807) is 6.92 Å². The Balaban J connectivity index is 2.96. The number of carboxylic acid groups (broad SMARTS) is 1. The molecule has 26 heavy (non-hydrogen) atoms. The maximum absolute atomic E-state index is 12.6. The van der Waals surface area contributed by atoms with Crippen LogP contribution in [0, 0.1) is 5.92 Å². The number of rotatable bonds is 10. The van der Waals surface area contributed by atoms with E-state index >= 15 is 0 Å². The molecule has 7 nitrogen and oxygen atoms in total. The second-order valence-corrected chi connectivity index (χ2v) is 8.46. The van der Waals surface area contributed by atoms with Gasteiger partial charge >= 0.3 is 5.97 Å². The third-order valence-electron chi connectivity index (χ3n) is 3.85. The Labute approximate surface area is 155 Å².